The number of amides is 1. The molecule has 0 bridgehead atoms. The number of hydrogen-bond donors (Lipinski definition) is 3. The number of nitrogen functional groups attached to an aromatic ring is 1. The number of nitrogens with zero attached hydrogens (tertiary/aromatic N) is 1. The number of nitrogens with two attached hydrogens (primary N) is 1. The van der Waals surface area contributed by atoms with Crippen LogP contribution in [-0.4, -0.2) is 61.9 Å². The molecule has 1 aliphatic rings. The van der Waals surface area contributed by atoms with Crippen LogP contribution in [0.2, 0.25) is 5.02 Å². The molecule has 1 unspecified atom stereocenters. The Labute approximate surface area is 188 Å². The van der Waals surface area contributed by atoms with Crippen LogP contribution in [0.3, 0.4) is 0 Å². The molecular formula is C23H30ClN3O4. The number of rotatable bonds is 9. The van der Waals surface area contributed by atoms with Gasteiger partial charge in [0.15, 0.2) is 0 Å². The molecule has 2 aromatic rings. The zero-order valence-corrected chi connectivity index (χ0v) is 18.5. The summed E-state index contributed by atoms with van der Waals surface area (Å²) in [4.78, 5) is 14.8. The van der Waals surface area contributed by atoms with Crippen molar-refractivity contribution in [2.45, 2.75) is 18.9 Å². The van der Waals surface area contributed by atoms with E-state index in [0.717, 1.165) is 31.7 Å². The average molecular weight is 448 g/mol. The highest BCUT2D eigenvalue weighted by Crippen LogP contribution is 2.29. The Hall–Kier alpha value is -2.48. The van der Waals surface area contributed by atoms with Crippen LogP contribution in [0.5, 0.6) is 11.5 Å². The molecule has 2 aromatic carbocycles. The Kier molecular flexibility index (Phi) is 8.40. The molecule has 8 heteroatoms. The number of ether oxygens (including phenoxy) is 2. The standard InChI is InChI=1S/C23H30ClN3O4/c1-30-22-12-21(25)20(24)11-19(22)23(29)26-13-16-7-9-27(10-8-16)14-17(28)15-31-18-5-3-2-4-6-18/h2-6,11-12,16-17,28H,7-10,13-15,25H2,1H3,(H,26,29). The van der Waals surface area contributed by atoms with Gasteiger partial charge in [0.2, 0.25) is 0 Å². The lowest BCUT2D eigenvalue weighted by Crippen LogP contribution is -2.42. The highest BCUT2D eigenvalue weighted by molar-refractivity contribution is 6.33. The van der Waals surface area contributed by atoms with E-state index in [9.17, 15) is 9.90 Å². The van der Waals surface area contributed by atoms with Crippen molar-refractivity contribution in [2.75, 3.05) is 45.6 Å². The fourth-order valence-corrected chi connectivity index (χ4v) is 3.84. The number of aliphatic hydroxyl groups excluding tert-OH is 1. The first-order valence-electron chi connectivity index (χ1n) is 10.5. The number of para-hydroxylation sites is 1. The molecule has 168 valence electrons. The van der Waals surface area contributed by atoms with Gasteiger partial charge in [0.05, 0.1) is 23.4 Å². The maximum Gasteiger partial charge on any atom is 0.255 e. The van der Waals surface area contributed by atoms with Crippen molar-refractivity contribution in [3.63, 3.8) is 0 Å². The molecule has 0 saturated carbocycles. The molecule has 0 aromatic heterocycles. The van der Waals surface area contributed by atoms with Crippen molar-refractivity contribution in [3.8, 4) is 11.5 Å². The van der Waals surface area contributed by atoms with Crippen molar-refractivity contribution in [1.29, 1.82) is 0 Å². The van der Waals surface area contributed by atoms with E-state index in [1.54, 1.807) is 6.07 Å². The molecular weight excluding hydrogens is 418 g/mol. The molecule has 1 amide bonds. The SMILES string of the molecule is COc1cc(N)c(Cl)cc1C(=O)NCC1CCN(CC(O)COc2ccccc2)CC1. The van der Waals surface area contributed by atoms with Gasteiger partial charge < -0.3 is 30.5 Å². The molecule has 1 heterocycles. The van der Waals surface area contributed by atoms with Gasteiger partial charge in [-0.3, -0.25) is 4.79 Å². The van der Waals surface area contributed by atoms with Gasteiger partial charge >= 0.3 is 0 Å². The maximum atomic E-state index is 12.6. The minimum Gasteiger partial charge on any atom is -0.496 e. The van der Waals surface area contributed by atoms with Crippen LogP contribution in [0.4, 0.5) is 5.69 Å². The van der Waals surface area contributed by atoms with Crippen LogP contribution >= 0.6 is 11.6 Å². The van der Waals surface area contributed by atoms with Crippen molar-refractivity contribution < 1.29 is 19.4 Å². The molecule has 31 heavy (non-hydrogen) atoms. The van der Waals surface area contributed by atoms with Crippen molar-refractivity contribution in [3.05, 3.63) is 53.1 Å². The third-order valence-corrected chi connectivity index (χ3v) is 5.80. The highest BCUT2D eigenvalue weighted by Gasteiger charge is 2.23. The number of piperidine rings is 1. The van der Waals surface area contributed by atoms with Crippen LogP contribution in [0.25, 0.3) is 0 Å². The van der Waals surface area contributed by atoms with Gasteiger partial charge in [-0.15, -0.1) is 0 Å². The number of β-amino-alcohol motifs (C(OH)–C–C–N with tert-alkyl or cyclic N) is 1. The number of halogens is 1. The van der Waals surface area contributed by atoms with E-state index >= 15 is 0 Å². The third-order valence-electron chi connectivity index (χ3n) is 5.48. The van der Waals surface area contributed by atoms with Crippen LogP contribution in [0, 0.1) is 5.92 Å². The molecule has 1 fully saturated rings. The summed E-state index contributed by atoms with van der Waals surface area (Å²) >= 11 is 6.06. The lowest BCUT2D eigenvalue weighted by molar-refractivity contribution is 0.0548. The first-order chi connectivity index (χ1) is 15.0. The van der Waals surface area contributed by atoms with Crippen molar-refractivity contribution in [2.24, 2.45) is 5.92 Å². The Morgan fingerprint density at radius 3 is 2.68 bits per heavy atom. The number of benzene rings is 2. The monoisotopic (exact) mass is 447 g/mol. The van der Waals surface area contributed by atoms with Gasteiger partial charge in [0.25, 0.3) is 5.91 Å². The van der Waals surface area contributed by atoms with Crippen LogP contribution in [0.15, 0.2) is 42.5 Å². The van der Waals surface area contributed by atoms with Gasteiger partial charge in [-0.1, -0.05) is 29.8 Å². The fourth-order valence-electron chi connectivity index (χ4n) is 3.68. The highest BCUT2D eigenvalue weighted by atomic mass is 35.5. The lowest BCUT2D eigenvalue weighted by Gasteiger charge is -2.33. The molecule has 1 saturated heterocycles. The Balaban J connectivity index is 1.39. The second-order valence-corrected chi connectivity index (χ2v) is 8.21. The number of nitrogens with one attached hydrogen (secondary N) is 1. The quantitative estimate of drug-likeness (QED) is 0.511. The molecule has 3 rings (SSSR count). The van der Waals surface area contributed by atoms with Crippen LogP contribution in [-0.2, 0) is 0 Å². The number of hydrogen-bond acceptors (Lipinski definition) is 6. The summed E-state index contributed by atoms with van der Waals surface area (Å²) < 4.78 is 10.9. The Bertz CT molecular complexity index is 857. The maximum absolute atomic E-state index is 12.6. The summed E-state index contributed by atoms with van der Waals surface area (Å²) in [5.41, 5.74) is 6.53. The Morgan fingerprint density at radius 2 is 2.00 bits per heavy atom. The predicted octanol–water partition coefficient (Wildman–Crippen LogP) is 2.81. The van der Waals surface area contributed by atoms with Gasteiger partial charge in [-0.25, -0.2) is 0 Å². The normalized spacial score (nSPS) is 16.0. The zero-order chi connectivity index (χ0) is 22.2. The van der Waals surface area contributed by atoms with Crippen LogP contribution < -0.4 is 20.5 Å². The molecule has 0 radical (unpaired) electrons. The van der Waals surface area contributed by atoms with Gasteiger partial charge in [0, 0.05) is 19.2 Å². The van der Waals surface area contributed by atoms with Crippen LogP contribution in [0.1, 0.15) is 23.2 Å². The first kappa shape index (κ1) is 23.2. The average Bonchev–Trinajstić information content (AvgIpc) is 2.79. The van der Waals surface area contributed by atoms with Gasteiger partial charge in [-0.2, -0.15) is 0 Å². The number of likely N-dealkylation sites (tertiary alicyclic amines) is 1. The number of anilines is 1. The summed E-state index contributed by atoms with van der Waals surface area (Å²) in [6, 6.07) is 12.6. The summed E-state index contributed by atoms with van der Waals surface area (Å²) in [7, 11) is 1.49. The summed E-state index contributed by atoms with van der Waals surface area (Å²) in [5, 5.41) is 13.6. The van der Waals surface area contributed by atoms with E-state index in [1.165, 1.54) is 13.2 Å². The van der Waals surface area contributed by atoms with E-state index in [2.05, 4.69) is 10.2 Å². The molecule has 0 spiro atoms. The molecule has 7 nitrogen and oxygen atoms in total. The van der Waals surface area contributed by atoms with E-state index in [1.807, 2.05) is 30.3 Å². The minimum atomic E-state index is -0.542. The number of carbonyl (C=O) groups is 1. The number of aliphatic hydroxyl groups is 1. The molecule has 0 aliphatic carbocycles. The fraction of sp³-hybridized carbons (Fsp3) is 0.435. The van der Waals surface area contributed by atoms with Gasteiger partial charge in [-0.05, 0) is 50.0 Å². The summed E-state index contributed by atoms with van der Waals surface area (Å²) in [5.74, 6) is 1.32. The second-order valence-electron chi connectivity index (χ2n) is 7.81. The minimum absolute atomic E-state index is 0.227. The molecule has 1 atom stereocenters. The number of carbonyl (C=O) groups excluding carboxylic acids is 1. The molecule has 1 aliphatic heterocycles. The van der Waals surface area contributed by atoms with E-state index in [-0.39, 0.29) is 12.5 Å². The van der Waals surface area contributed by atoms with Crippen molar-refractivity contribution >= 4 is 23.2 Å². The second kappa shape index (κ2) is 11.2. The van der Waals surface area contributed by atoms with E-state index in [0.29, 0.717) is 41.0 Å². The third kappa shape index (κ3) is 6.75. The number of methoxy groups -OCH3 is 1. The van der Waals surface area contributed by atoms with Crippen molar-refractivity contribution in [1.82, 2.24) is 10.2 Å². The van der Waals surface area contributed by atoms with Gasteiger partial charge in [0.1, 0.15) is 24.2 Å². The topological polar surface area (TPSA) is 97.0 Å². The lowest BCUT2D eigenvalue weighted by atomic mass is 9.96. The Morgan fingerprint density at radius 1 is 1.29 bits per heavy atom. The summed E-state index contributed by atoms with van der Waals surface area (Å²) in [6.45, 7) is 3.18. The summed E-state index contributed by atoms with van der Waals surface area (Å²) in [6.07, 6.45) is 1.36. The zero-order valence-electron chi connectivity index (χ0n) is 17.7. The first-order valence-corrected chi connectivity index (χ1v) is 10.8. The van der Waals surface area contributed by atoms with E-state index < -0.39 is 6.10 Å². The smallest absolute Gasteiger partial charge is 0.255 e. The largest absolute Gasteiger partial charge is 0.496 e. The molecule has 4 N–H and O–H groups in total. The van der Waals surface area contributed by atoms with E-state index in [4.69, 9.17) is 26.8 Å². The predicted molar refractivity (Wildman–Crippen MR) is 122 cm³/mol.